The van der Waals surface area contributed by atoms with Gasteiger partial charge in [-0.2, -0.15) is 4.31 Å². The lowest BCUT2D eigenvalue weighted by atomic mass is 10.4. The van der Waals surface area contributed by atoms with Crippen LogP contribution in [0, 0.1) is 0 Å². The number of aromatic carboxylic acids is 1. The summed E-state index contributed by atoms with van der Waals surface area (Å²) in [5.41, 5.74) is -0.0653. The summed E-state index contributed by atoms with van der Waals surface area (Å²) >= 11 is 0. The Kier molecular flexibility index (Phi) is 5.73. The van der Waals surface area contributed by atoms with E-state index in [9.17, 15) is 13.2 Å². The zero-order valence-electron chi connectivity index (χ0n) is 11.9. The van der Waals surface area contributed by atoms with Gasteiger partial charge in [-0.15, -0.1) is 0 Å². The van der Waals surface area contributed by atoms with Crippen molar-refractivity contribution in [2.75, 3.05) is 26.3 Å². The van der Waals surface area contributed by atoms with E-state index in [0.29, 0.717) is 19.8 Å². The number of carboxylic acids is 1. The Morgan fingerprint density at radius 2 is 2.10 bits per heavy atom. The van der Waals surface area contributed by atoms with Crippen molar-refractivity contribution in [3.63, 3.8) is 0 Å². The van der Waals surface area contributed by atoms with E-state index in [0.717, 1.165) is 0 Å². The molecule has 1 aromatic rings. The number of likely N-dealkylation sites (N-methyl/N-ethyl adjacent to an activating group) is 1. The first kappa shape index (κ1) is 16.7. The molecule has 1 heterocycles. The summed E-state index contributed by atoms with van der Waals surface area (Å²) in [4.78, 5) is 10.9. The van der Waals surface area contributed by atoms with Crippen LogP contribution in [0.15, 0.2) is 17.2 Å². The summed E-state index contributed by atoms with van der Waals surface area (Å²) in [5, 5.41) is 8.96. The number of ether oxygens (including phenoxy) is 1. The minimum absolute atomic E-state index is 0.0178. The normalized spacial score (nSPS) is 12.0. The molecular formula is C12H20N2O5S. The van der Waals surface area contributed by atoms with E-state index in [4.69, 9.17) is 9.84 Å². The lowest BCUT2D eigenvalue weighted by Gasteiger charge is -2.19. The molecule has 0 amide bonds. The molecule has 8 heteroatoms. The fourth-order valence-corrected chi connectivity index (χ4v) is 3.30. The summed E-state index contributed by atoms with van der Waals surface area (Å²) in [6, 6.07) is 1.17. The van der Waals surface area contributed by atoms with Crippen molar-refractivity contribution < 1.29 is 23.1 Å². The minimum Gasteiger partial charge on any atom is -0.477 e. The third kappa shape index (κ3) is 3.59. The summed E-state index contributed by atoms with van der Waals surface area (Å²) in [7, 11) is -2.20. The van der Waals surface area contributed by atoms with Crippen LogP contribution < -0.4 is 0 Å². The van der Waals surface area contributed by atoms with Gasteiger partial charge in [0.2, 0.25) is 10.0 Å². The van der Waals surface area contributed by atoms with E-state index >= 15 is 0 Å². The fraction of sp³-hybridized carbons (Fsp3) is 0.583. The van der Waals surface area contributed by atoms with E-state index in [1.54, 1.807) is 6.92 Å². The molecule has 1 rings (SSSR count). The van der Waals surface area contributed by atoms with E-state index in [1.165, 1.54) is 28.2 Å². The van der Waals surface area contributed by atoms with Gasteiger partial charge in [0.1, 0.15) is 10.6 Å². The van der Waals surface area contributed by atoms with Crippen molar-refractivity contribution in [2.24, 2.45) is 7.05 Å². The number of aromatic nitrogens is 1. The third-order valence-corrected chi connectivity index (χ3v) is 4.82. The van der Waals surface area contributed by atoms with Crippen molar-refractivity contribution in [1.29, 1.82) is 0 Å². The number of rotatable bonds is 8. The molecule has 20 heavy (non-hydrogen) atoms. The van der Waals surface area contributed by atoms with E-state index in [2.05, 4.69) is 0 Å². The molecule has 0 bridgehead atoms. The number of carboxylic acid groups (broad SMARTS) is 1. The van der Waals surface area contributed by atoms with Gasteiger partial charge >= 0.3 is 5.97 Å². The van der Waals surface area contributed by atoms with Crippen LogP contribution >= 0.6 is 0 Å². The van der Waals surface area contributed by atoms with Crippen molar-refractivity contribution >= 4 is 16.0 Å². The van der Waals surface area contributed by atoms with E-state index in [1.807, 2.05) is 6.92 Å². The molecule has 0 aromatic carbocycles. The van der Waals surface area contributed by atoms with Gasteiger partial charge in [-0.3, -0.25) is 0 Å². The molecule has 0 aliphatic rings. The average Bonchev–Trinajstić information content (AvgIpc) is 2.77. The molecule has 0 radical (unpaired) electrons. The Morgan fingerprint density at radius 1 is 1.45 bits per heavy atom. The molecule has 0 fully saturated rings. The first-order chi connectivity index (χ1) is 9.34. The Hall–Kier alpha value is -1.38. The number of hydrogen-bond donors (Lipinski definition) is 1. The van der Waals surface area contributed by atoms with Crippen LogP contribution in [0.5, 0.6) is 0 Å². The quantitative estimate of drug-likeness (QED) is 0.717. The maximum atomic E-state index is 12.4. The summed E-state index contributed by atoms with van der Waals surface area (Å²) in [5.74, 6) is -1.16. The highest BCUT2D eigenvalue weighted by atomic mass is 32.2. The minimum atomic E-state index is -3.70. The molecule has 1 N–H and O–H groups in total. The highest BCUT2D eigenvalue weighted by Crippen LogP contribution is 2.18. The first-order valence-corrected chi connectivity index (χ1v) is 7.76. The molecule has 1 aromatic heterocycles. The molecular weight excluding hydrogens is 284 g/mol. The van der Waals surface area contributed by atoms with Gasteiger partial charge in [0.25, 0.3) is 0 Å². The fourth-order valence-electron chi connectivity index (χ4n) is 1.80. The second-order valence-electron chi connectivity index (χ2n) is 4.17. The van der Waals surface area contributed by atoms with Crippen LogP contribution in [0.1, 0.15) is 24.3 Å². The summed E-state index contributed by atoms with van der Waals surface area (Å²) < 4.78 is 32.5. The number of sulfonamides is 1. The summed E-state index contributed by atoms with van der Waals surface area (Å²) in [6.07, 6.45) is 1.31. The van der Waals surface area contributed by atoms with Gasteiger partial charge in [-0.05, 0) is 13.0 Å². The predicted molar refractivity (Wildman–Crippen MR) is 73.3 cm³/mol. The lowest BCUT2D eigenvalue weighted by Crippen LogP contribution is -2.33. The average molecular weight is 304 g/mol. The third-order valence-electron chi connectivity index (χ3n) is 2.88. The zero-order valence-corrected chi connectivity index (χ0v) is 12.7. The number of nitrogens with zero attached hydrogens (tertiary/aromatic N) is 2. The number of hydrogen-bond acceptors (Lipinski definition) is 4. The second-order valence-corrected chi connectivity index (χ2v) is 6.11. The highest BCUT2D eigenvalue weighted by Gasteiger charge is 2.26. The van der Waals surface area contributed by atoms with Crippen LogP contribution in [0.4, 0.5) is 0 Å². The molecule has 0 spiro atoms. The monoisotopic (exact) mass is 304 g/mol. The van der Waals surface area contributed by atoms with Gasteiger partial charge in [-0.25, -0.2) is 13.2 Å². The number of aryl methyl sites for hydroxylation is 1. The Bertz CT molecular complexity index is 564. The van der Waals surface area contributed by atoms with Crippen LogP contribution in [0.25, 0.3) is 0 Å². The molecule has 0 unspecified atom stereocenters. The molecule has 0 aliphatic carbocycles. The van der Waals surface area contributed by atoms with Gasteiger partial charge < -0.3 is 14.4 Å². The van der Waals surface area contributed by atoms with Gasteiger partial charge in [0, 0.05) is 32.9 Å². The topological polar surface area (TPSA) is 88.8 Å². The molecule has 114 valence electrons. The van der Waals surface area contributed by atoms with Gasteiger partial charge in [0.05, 0.1) is 6.61 Å². The maximum Gasteiger partial charge on any atom is 0.352 e. The predicted octanol–water partition coefficient (Wildman–Crippen LogP) is 0.770. The SMILES string of the molecule is CCOCCN(CC)S(=O)(=O)c1cc(C(=O)O)n(C)c1. The summed E-state index contributed by atoms with van der Waals surface area (Å²) in [6.45, 7) is 4.93. The lowest BCUT2D eigenvalue weighted by molar-refractivity contribution is 0.0686. The molecule has 7 nitrogen and oxygen atoms in total. The van der Waals surface area contributed by atoms with E-state index in [-0.39, 0.29) is 17.1 Å². The Labute approximate surface area is 118 Å². The second kappa shape index (κ2) is 6.87. The highest BCUT2D eigenvalue weighted by molar-refractivity contribution is 7.89. The largest absolute Gasteiger partial charge is 0.477 e. The van der Waals surface area contributed by atoms with Crippen LogP contribution in [0.2, 0.25) is 0 Å². The van der Waals surface area contributed by atoms with Gasteiger partial charge in [-0.1, -0.05) is 6.92 Å². The standard InChI is InChI=1S/C12H20N2O5S/c1-4-14(6-7-19-5-2)20(17,18)10-8-11(12(15)16)13(3)9-10/h8-9H,4-7H2,1-3H3,(H,15,16). The number of carbonyl (C=O) groups is 1. The smallest absolute Gasteiger partial charge is 0.352 e. The maximum absolute atomic E-state index is 12.4. The molecule has 0 saturated heterocycles. The molecule has 0 atom stereocenters. The van der Waals surface area contributed by atoms with Crippen molar-refractivity contribution in [3.05, 3.63) is 18.0 Å². The Morgan fingerprint density at radius 3 is 2.55 bits per heavy atom. The van der Waals surface area contributed by atoms with Crippen LogP contribution in [-0.2, 0) is 21.8 Å². The van der Waals surface area contributed by atoms with Crippen LogP contribution in [-0.4, -0.2) is 54.7 Å². The van der Waals surface area contributed by atoms with Crippen molar-refractivity contribution in [1.82, 2.24) is 8.87 Å². The molecule has 0 saturated carbocycles. The Balaban J connectivity index is 3.01. The van der Waals surface area contributed by atoms with Gasteiger partial charge in [0.15, 0.2) is 0 Å². The first-order valence-electron chi connectivity index (χ1n) is 6.32. The van der Waals surface area contributed by atoms with Crippen LogP contribution in [0.3, 0.4) is 0 Å². The molecule has 0 aliphatic heterocycles. The van der Waals surface area contributed by atoms with Crippen molar-refractivity contribution in [3.8, 4) is 0 Å². The van der Waals surface area contributed by atoms with Crippen molar-refractivity contribution in [2.45, 2.75) is 18.7 Å². The zero-order chi connectivity index (χ0) is 15.3. The van der Waals surface area contributed by atoms with E-state index < -0.39 is 16.0 Å².